The summed E-state index contributed by atoms with van der Waals surface area (Å²) in [6.07, 6.45) is 3.98. The van der Waals surface area contributed by atoms with E-state index in [1.807, 2.05) is 4.90 Å². The number of nitrogens with zero attached hydrogens (tertiary/aromatic N) is 5. The van der Waals surface area contributed by atoms with Crippen molar-refractivity contribution in [3.05, 3.63) is 23.9 Å². The summed E-state index contributed by atoms with van der Waals surface area (Å²) in [6, 6.07) is 3.55. The lowest BCUT2D eigenvalue weighted by atomic mass is 10.00. The first kappa shape index (κ1) is 11.1. The molecule has 1 aliphatic rings. The molecule has 0 aliphatic carbocycles. The highest BCUT2D eigenvalue weighted by Gasteiger charge is 2.22. The third-order valence-electron chi connectivity index (χ3n) is 3.38. The van der Waals surface area contributed by atoms with Crippen molar-refractivity contribution in [1.82, 2.24) is 24.9 Å². The molecule has 1 saturated heterocycles. The van der Waals surface area contributed by atoms with Gasteiger partial charge in [-0.2, -0.15) is 4.52 Å². The van der Waals surface area contributed by atoms with E-state index in [1.165, 1.54) is 10.9 Å². The second kappa shape index (κ2) is 4.36. The van der Waals surface area contributed by atoms with Crippen LogP contribution in [0.3, 0.4) is 0 Å². The molecule has 1 fully saturated rings. The highest BCUT2D eigenvalue weighted by atomic mass is 16.2. The molecule has 0 aromatic carbocycles. The van der Waals surface area contributed by atoms with E-state index in [0.29, 0.717) is 17.1 Å². The van der Waals surface area contributed by atoms with E-state index in [0.717, 1.165) is 19.5 Å². The summed E-state index contributed by atoms with van der Waals surface area (Å²) in [5.74, 6) is 0.651. The highest BCUT2D eigenvalue weighted by Crippen LogP contribution is 2.17. The predicted octanol–water partition coefficient (Wildman–Crippen LogP) is 0.996. The Bertz CT molecular complexity index is 579. The zero-order chi connectivity index (χ0) is 12.5. The molecule has 0 N–H and O–H groups in total. The fourth-order valence-corrected chi connectivity index (χ4v) is 2.42. The van der Waals surface area contributed by atoms with Crippen molar-refractivity contribution in [3.63, 3.8) is 0 Å². The van der Waals surface area contributed by atoms with Gasteiger partial charge in [-0.05, 0) is 41.3 Å². The van der Waals surface area contributed by atoms with Crippen LogP contribution in [-0.4, -0.2) is 43.9 Å². The number of tetrazole rings is 1. The van der Waals surface area contributed by atoms with E-state index in [-0.39, 0.29) is 5.91 Å². The largest absolute Gasteiger partial charge is 0.338 e. The summed E-state index contributed by atoms with van der Waals surface area (Å²) in [5, 5.41) is 11.2. The molecule has 1 aliphatic heterocycles. The Hall–Kier alpha value is -1.98. The number of piperidine rings is 1. The molecule has 0 bridgehead atoms. The number of hydrogen-bond donors (Lipinski definition) is 0. The Balaban J connectivity index is 1.86. The van der Waals surface area contributed by atoms with Gasteiger partial charge in [-0.15, -0.1) is 5.10 Å². The molecule has 0 saturated carbocycles. The van der Waals surface area contributed by atoms with E-state index in [1.54, 1.807) is 18.3 Å². The van der Waals surface area contributed by atoms with Crippen LogP contribution >= 0.6 is 0 Å². The van der Waals surface area contributed by atoms with Gasteiger partial charge in [0.05, 0.1) is 5.56 Å². The minimum absolute atomic E-state index is 0.0685. The van der Waals surface area contributed by atoms with Crippen LogP contribution in [0.4, 0.5) is 0 Å². The van der Waals surface area contributed by atoms with Crippen LogP contribution in [0.5, 0.6) is 0 Å². The van der Waals surface area contributed by atoms with E-state index < -0.39 is 0 Å². The Morgan fingerprint density at radius 3 is 3.17 bits per heavy atom. The lowest BCUT2D eigenvalue weighted by Gasteiger charge is -2.30. The molecule has 18 heavy (non-hydrogen) atoms. The number of rotatable bonds is 1. The standard InChI is InChI=1S/C12H15N5O/c1-9-3-2-6-16(7-9)12(18)10-4-5-11-13-14-15-17(11)8-10/h4-5,8-9H,2-3,6-7H2,1H3. The number of amides is 1. The number of carbonyl (C=O) groups is 1. The van der Waals surface area contributed by atoms with E-state index >= 15 is 0 Å². The second-order valence-electron chi connectivity index (χ2n) is 4.90. The van der Waals surface area contributed by atoms with Crippen LogP contribution in [-0.2, 0) is 0 Å². The fourth-order valence-electron chi connectivity index (χ4n) is 2.42. The molecule has 1 unspecified atom stereocenters. The molecule has 1 amide bonds. The van der Waals surface area contributed by atoms with Gasteiger partial charge in [0.2, 0.25) is 0 Å². The molecular formula is C12H15N5O. The lowest BCUT2D eigenvalue weighted by Crippen LogP contribution is -2.39. The van der Waals surface area contributed by atoms with E-state index in [4.69, 9.17) is 0 Å². The van der Waals surface area contributed by atoms with Crippen molar-refractivity contribution < 1.29 is 4.79 Å². The summed E-state index contributed by atoms with van der Waals surface area (Å²) in [5.41, 5.74) is 1.29. The third-order valence-corrected chi connectivity index (χ3v) is 3.38. The minimum Gasteiger partial charge on any atom is -0.338 e. The first-order valence-electron chi connectivity index (χ1n) is 6.21. The molecule has 6 heteroatoms. The zero-order valence-electron chi connectivity index (χ0n) is 10.3. The average molecular weight is 245 g/mol. The normalized spacial score (nSPS) is 20.3. The van der Waals surface area contributed by atoms with Crippen LogP contribution in [0.2, 0.25) is 0 Å². The van der Waals surface area contributed by atoms with Crippen LogP contribution in [0.15, 0.2) is 18.3 Å². The summed E-state index contributed by atoms with van der Waals surface area (Å²) in [7, 11) is 0. The van der Waals surface area contributed by atoms with Gasteiger partial charge in [-0.3, -0.25) is 4.79 Å². The average Bonchev–Trinajstić information content (AvgIpc) is 2.85. The summed E-state index contributed by atoms with van der Waals surface area (Å²) in [4.78, 5) is 14.3. The van der Waals surface area contributed by atoms with Crippen LogP contribution < -0.4 is 0 Å². The Labute approximate surface area is 105 Å². The maximum atomic E-state index is 12.4. The lowest BCUT2D eigenvalue weighted by molar-refractivity contribution is 0.0682. The third kappa shape index (κ3) is 1.94. The van der Waals surface area contributed by atoms with Crippen molar-refractivity contribution >= 4 is 11.6 Å². The van der Waals surface area contributed by atoms with E-state index in [9.17, 15) is 4.79 Å². The molecule has 3 heterocycles. The zero-order valence-corrected chi connectivity index (χ0v) is 10.3. The number of likely N-dealkylation sites (tertiary alicyclic amines) is 1. The maximum Gasteiger partial charge on any atom is 0.255 e. The van der Waals surface area contributed by atoms with Crippen molar-refractivity contribution in [2.45, 2.75) is 19.8 Å². The Morgan fingerprint density at radius 2 is 2.33 bits per heavy atom. The quantitative estimate of drug-likeness (QED) is 0.751. The molecule has 3 rings (SSSR count). The summed E-state index contributed by atoms with van der Waals surface area (Å²) < 4.78 is 1.53. The van der Waals surface area contributed by atoms with Gasteiger partial charge in [0.1, 0.15) is 0 Å². The van der Waals surface area contributed by atoms with Gasteiger partial charge in [-0.25, -0.2) is 0 Å². The van der Waals surface area contributed by atoms with Crippen LogP contribution in [0.25, 0.3) is 5.65 Å². The summed E-state index contributed by atoms with van der Waals surface area (Å²) >= 11 is 0. The Kier molecular flexibility index (Phi) is 2.70. The number of carbonyl (C=O) groups excluding carboxylic acids is 1. The first-order chi connectivity index (χ1) is 8.74. The van der Waals surface area contributed by atoms with E-state index in [2.05, 4.69) is 22.4 Å². The van der Waals surface area contributed by atoms with Crippen LogP contribution in [0.1, 0.15) is 30.1 Å². The van der Waals surface area contributed by atoms with Gasteiger partial charge in [0.15, 0.2) is 5.65 Å². The molecule has 6 nitrogen and oxygen atoms in total. The van der Waals surface area contributed by atoms with Gasteiger partial charge in [0.25, 0.3) is 5.91 Å². The molecule has 94 valence electrons. The molecule has 1 atom stereocenters. The topological polar surface area (TPSA) is 63.4 Å². The van der Waals surface area contributed by atoms with Gasteiger partial charge in [-0.1, -0.05) is 6.92 Å². The monoisotopic (exact) mass is 245 g/mol. The minimum atomic E-state index is 0.0685. The van der Waals surface area contributed by atoms with Crippen molar-refractivity contribution in [3.8, 4) is 0 Å². The molecule has 0 spiro atoms. The predicted molar refractivity (Wildman–Crippen MR) is 65.1 cm³/mol. The number of aromatic nitrogens is 4. The molecular weight excluding hydrogens is 230 g/mol. The molecule has 2 aromatic heterocycles. The first-order valence-corrected chi connectivity index (χ1v) is 6.21. The smallest absolute Gasteiger partial charge is 0.255 e. The van der Waals surface area contributed by atoms with Gasteiger partial charge in [0, 0.05) is 19.3 Å². The maximum absolute atomic E-state index is 12.4. The number of hydrogen-bond acceptors (Lipinski definition) is 4. The number of pyridine rings is 1. The van der Waals surface area contributed by atoms with Crippen LogP contribution in [0, 0.1) is 5.92 Å². The molecule has 2 aromatic rings. The fraction of sp³-hybridized carbons (Fsp3) is 0.500. The Morgan fingerprint density at radius 1 is 1.44 bits per heavy atom. The summed E-state index contributed by atoms with van der Waals surface area (Å²) in [6.45, 7) is 3.87. The van der Waals surface area contributed by atoms with Gasteiger partial charge < -0.3 is 4.90 Å². The number of fused-ring (bicyclic) bond motifs is 1. The van der Waals surface area contributed by atoms with Crippen molar-refractivity contribution in [2.75, 3.05) is 13.1 Å². The van der Waals surface area contributed by atoms with Crippen molar-refractivity contribution in [2.24, 2.45) is 5.92 Å². The molecule has 0 radical (unpaired) electrons. The SMILES string of the molecule is CC1CCCN(C(=O)c2ccc3nnnn3c2)C1. The van der Waals surface area contributed by atoms with Gasteiger partial charge >= 0.3 is 0 Å². The van der Waals surface area contributed by atoms with Crippen molar-refractivity contribution in [1.29, 1.82) is 0 Å². The second-order valence-corrected chi connectivity index (χ2v) is 4.90. The highest BCUT2D eigenvalue weighted by molar-refractivity contribution is 5.94.